The quantitative estimate of drug-likeness (QED) is 0.450. The third kappa shape index (κ3) is 4.49. The first kappa shape index (κ1) is 19.2. The number of nitro groups is 1. The summed E-state index contributed by atoms with van der Waals surface area (Å²) < 4.78 is 25.6. The molecule has 0 heterocycles. The van der Waals surface area contributed by atoms with Gasteiger partial charge in [-0.25, -0.2) is 18.6 Å². The lowest BCUT2D eigenvalue weighted by atomic mass is 10.1. The van der Waals surface area contributed by atoms with E-state index in [-0.39, 0.29) is 16.1 Å². The number of amides is 1. The Hall–Kier alpha value is -3.11. The summed E-state index contributed by atoms with van der Waals surface area (Å²) >= 11 is 0. The number of non-ortho nitro benzene ring substituents is 1. The van der Waals surface area contributed by atoms with Crippen LogP contribution in [0.5, 0.6) is 0 Å². The molecule has 0 aliphatic rings. The summed E-state index contributed by atoms with van der Waals surface area (Å²) in [6, 6.07) is 11.2. The van der Waals surface area contributed by atoms with Gasteiger partial charge in [0, 0.05) is 17.7 Å². The van der Waals surface area contributed by atoms with E-state index in [0.29, 0.717) is 11.3 Å². The van der Waals surface area contributed by atoms with Crippen LogP contribution < -0.4 is 10.1 Å². The van der Waals surface area contributed by atoms with E-state index in [1.165, 1.54) is 37.4 Å². The molecule has 0 aliphatic heterocycles. The van der Waals surface area contributed by atoms with Crippen molar-refractivity contribution in [3.63, 3.8) is 0 Å². The lowest BCUT2D eigenvalue weighted by molar-refractivity contribution is -0.384. The molecule has 2 rings (SSSR count). The molecular weight excluding hydrogens is 360 g/mol. The second kappa shape index (κ2) is 7.85. The third-order valence-electron chi connectivity index (χ3n) is 3.50. The predicted molar refractivity (Wildman–Crippen MR) is 95.5 cm³/mol. The number of benzene rings is 2. The van der Waals surface area contributed by atoms with E-state index in [4.69, 9.17) is 0 Å². The molecule has 2 aromatic carbocycles. The second-order valence-electron chi connectivity index (χ2n) is 5.18. The molecule has 10 heteroatoms. The maximum Gasteiger partial charge on any atom is 0.271 e. The second-order valence-corrected chi connectivity index (χ2v) is 7.06. The van der Waals surface area contributed by atoms with Gasteiger partial charge in [-0.3, -0.25) is 14.9 Å². The number of carbonyl (C=O) groups is 1. The van der Waals surface area contributed by atoms with Crippen molar-refractivity contribution >= 4 is 27.3 Å². The van der Waals surface area contributed by atoms with Crippen molar-refractivity contribution in [2.45, 2.75) is 11.8 Å². The smallest absolute Gasteiger partial charge is 0.267 e. The highest BCUT2D eigenvalue weighted by Gasteiger charge is 2.12. The number of nitro benzene ring substituents is 1. The number of carbonyl (C=O) groups excluding carboxylic acids is 1. The molecule has 0 aliphatic carbocycles. The van der Waals surface area contributed by atoms with E-state index >= 15 is 0 Å². The first-order valence-electron chi connectivity index (χ1n) is 7.37. The van der Waals surface area contributed by atoms with Gasteiger partial charge in [0.1, 0.15) is 0 Å². The SMILES string of the molecule is CNS(=O)(=O)c1ccc(/C(C)=N\NC(=O)c2cccc([N+](=O)[O-])c2)cc1. The van der Waals surface area contributed by atoms with Gasteiger partial charge in [-0.1, -0.05) is 18.2 Å². The van der Waals surface area contributed by atoms with Crippen molar-refractivity contribution in [2.24, 2.45) is 5.10 Å². The Bertz CT molecular complexity index is 968. The van der Waals surface area contributed by atoms with E-state index in [2.05, 4.69) is 15.2 Å². The summed E-state index contributed by atoms with van der Waals surface area (Å²) in [4.78, 5) is 22.3. The highest BCUT2D eigenvalue weighted by molar-refractivity contribution is 7.89. The summed E-state index contributed by atoms with van der Waals surface area (Å²) in [5, 5.41) is 14.7. The molecule has 2 N–H and O–H groups in total. The van der Waals surface area contributed by atoms with Gasteiger partial charge in [-0.05, 0) is 37.7 Å². The normalized spacial score (nSPS) is 11.8. The molecule has 0 bridgehead atoms. The van der Waals surface area contributed by atoms with Crippen LogP contribution in [0.2, 0.25) is 0 Å². The Kier molecular flexibility index (Phi) is 5.80. The molecule has 2 aromatic rings. The van der Waals surface area contributed by atoms with Crippen LogP contribution in [-0.2, 0) is 10.0 Å². The van der Waals surface area contributed by atoms with Crippen molar-refractivity contribution in [1.29, 1.82) is 0 Å². The van der Waals surface area contributed by atoms with Crippen LogP contribution in [0.4, 0.5) is 5.69 Å². The van der Waals surface area contributed by atoms with Gasteiger partial charge in [0.25, 0.3) is 11.6 Å². The number of hydrogen-bond donors (Lipinski definition) is 2. The number of hydrogen-bond acceptors (Lipinski definition) is 6. The van der Waals surface area contributed by atoms with Crippen LogP contribution in [0, 0.1) is 10.1 Å². The third-order valence-corrected chi connectivity index (χ3v) is 4.93. The van der Waals surface area contributed by atoms with Gasteiger partial charge in [0.15, 0.2) is 0 Å². The van der Waals surface area contributed by atoms with Crippen molar-refractivity contribution in [2.75, 3.05) is 7.05 Å². The van der Waals surface area contributed by atoms with Crippen LogP contribution >= 0.6 is 0 Å². The van der Waals surface area contributed by atoms with Crippen molar-refractivity contribution in [3.8, 4) is 0 Å². The average Bonchev–Trinajstić information content (AvgIpc) is 2.66. The minimum atomic E-state index is -3.53. The van der Waals surface area contributed by atoms with Gasteiger partial charge >= 0.3 is 0 Å². The van der Waals surface area contributed by atoms with Crippen LogP contribution in [0.25, 0.3) is 0 Å². The Balaban J connectivity index is 2.14. The van der Waals surface area contributed by atoms with Gasteiger partial charge in [-0.2, -0.15) is 5.10 Å². The molecule has 0 spiro atoms. The molecular formula is C16H16N4O5S. The summed E-state index contributed by atoms with van der Waals surface area (Å²) in [6.45, 7) is 1.63. The molecule has 0 aromatic heterocycles. The number of rotatable bonds is 6. The minimum Gasteiger partial charge on any atom is -0.267 e. The van der Waals surface area contributed by atoms with Crippen molar-refractivity contribution < 1.29 is 18.1 Å². The van der Waals surface area contributed by atoms with Gasteiger partial charge in [0.05, 0.1) is 15.5 Å². The van der Waals surface area contributed by atoms with Gasteiger partial charge < -0.3 is 0 Å². The Labute approximate surface area is 149 Å². The van der Waals surface area contributed by atoms with Crippen LogP contribution in [0.15, 0.2) is 58.5 Å². The maximum atomic E-state index is 12.1. The van der Waals surface area contributed by atoms with Gasteiger partial charge in [-0.15, -0.1) is 0 Å². The van der Waals surface area contributed by atoms with Crippen LogP contribution in [-0.4, -0.2) is 32.0 Å². The fourth-order valence-electron chi connectivity index (χ4n) is 2.02. The fourth-order valence-corrected chi connectivity index (χ4v) is 2.75. The molecule has 0 atom stereocenters. The molecule has 0 radical (unpaired) electrons. The largest absolute Gasteiger partial charge is 0.271 e. The summed E-state index contributed by atoms with van der Waals surface area (Å²) in [6.07, 6.45) is 0. The van der Waals surface area contributed by atoms with E-state index in [9.17, 15) is 23.3 Å². The predicted octanol–water partition coefficient (Wildman–Crippen LogP) is 1.66. The lowest BCUT2D eigenvalue weighted by Gasteiger charge is -2.05. The Morgan fingerprint density at radius 2 is 1.77 bits per heavy atom. The van der Waals surface area contributed by atoms with Crippen molar-refractivity contribution in [1.82, 2.24) is 10.1 Å². The van der Waals surface area contributed by atoms with Crippen LogP contribution in [0.1, 0.15) is 22.8 Å². The first-order chi connectivity index (χ1) is 12.2. The molecule has 9 nitrogen and oxygen atoms in total. The summed E-state index contributed by atoms with van der Waals surface area (Å²) in [5.74, 6) is -0.595. The molecule has 0 saturated heterocycles. The fraction of sp³-hybridized carbons (Fsp3) is 0.125. The highest BCUT2D eigenvalue weighted by Crippen LogP contribution is 2.13. The summed E-state index contributed by atoms with van der Waals surface area (Å²) in [7, 11) is -2.21. The Morgan fingerprint density at radius 1 is 1.12 bits per heavy atom. The van der Waals surface area contributed by atoms with Gasteiger partial charge in [0.2, 0.25) is 10.0 Å². The molecule has 26 heavy (non-hydrogen) atoms. The van der Waals surface area contributed by atoms with Crippen LogP contribution in [0.3, 0.4) is 0 Å². The molecule has 0 fully saturated rings. The monoisotopic (exact) mass is 376 g/mol. The highest BCUT2D eigenvalue weighted by atomic mass is 32.2. The zero-order valence-electron chi connectivity index (χ0n) is 14.0. The number of nitrogens with zero attached hydrogens (tertiary/aromatic N) is 2. The molecule has 136 valence electrons. The molecule has 1 amide bonds. The topological polar surface area (TPSA) is 131 Å². The van der Waals surface area contributed by atoms with E-state index < -0.39 is 20.9 Å². The maximum absolute atomic E-state index is 12.1. The minimum absolute atomic E-state index is 0.103. The average molecular weight is 376 g/mol. The standard InChI is InChI=1S/C16H16N4O5S/c1-11(12-6-8-15(9-7-12)26(24,25)17-2)18-19-16(21)13-4-3-5-14(10-13)20(22)23/h3-10,17H,1-2H3,(H,19,21)/b18-11-. The van der Waals surface area contributed by atoms with Crippen molar-refractivity contribution in [3.05, 3.63) is 69.8 Å². The molecule has 0 saturated carbocycles. The zero-order chi connectivity index (χ0) is 19.3. The van der Waals surface area contributed by atoms with E-state index in [1.807, 2.05) is 0 Å². The van der Waals surface area contributed by atoms with E-state index in [1.54, 1.807) is 19.1 Å². The zero-order valence-corrected chi connectivity index (χ0v) is 14.8. The first-order valence-corrected chi connectivity index (χ1v) is 8.86. The molecule has 0 unspecified atom stereocenters. The summed E-state index contributed by atoms with van der Waals surface area (Å²) in [5.41, 5.74) is 3.28. The number of sulfonamides is 1. The lowest BCUT2D eigenvalue weighted by Crippen LogP contribution is -2.20. The van der Waals surface area contributed by atoms with E-state index in [0.717, 1.165) is 6.07 Å². The number of hydrazone groups is 1. The Morgan fingerprint density at radius 3 is 2.35 bits per heavy atom. The number of nitrogens with one attached hydrogen (secondary N) is 2.